The molecule has 0 aromatic heterocycles. The van der Waals surface area contributed by atoms with E-state index in [4.69, 9.17) is 9.73 Å². The van der Waals surface area contributed by atoms with Gasteiger partial charge >= 0.3 is 0 Å². The Morgan fingerprint density at radius 1 is 1.19 bits per heavy atom. The van der Waals surface area contributed by atoms with Crippen molar-refractivity contribution in [2.45, 2.75) is 58.0 Å². The van der Waals surface area contributed by atoms with Crippen molar-refractivity contribution in [2.75, 3.05) is 32.8 Å². The minimum Gasteiger partial charge on any atom is -0.373 e. The molecular weight excluding hydrogens is 334 g/mol. The van der Waals surface area contributed by atoms with Crippen LogP contribution in [0.4, 0.5) is 0 Å². The van der Waals surface area contributed by atoms with Crippen LogP contribution in [0.1, 0.15) is 63.5 Å². The van der Waals surface area contributed by atoms with Crippen LogP contribution in [0.2, 0.25) is 0 Å². The number of aliphatic imine (C=N–C) groups is 1. The minimum atomic E-state index is 0.186. The predicted molar refractivity (Wildman–Crippen MR) is 111 cm³/mol. The van der Waals surface area contributed by atoms with Gasteiger partial charge in [0.15, 0.2) is 5.96 Å². The summed E-state index contributed by atoms with van der Waals surface area (Å²) < 4.78 is 6.17. The van der Waals surface area contributed by atoms with Gasteiger partial charge in [-0.1, -0.05) is 43.2 Å². The van der Waals surface area contributed by atoms with Gasteiger partial charge in [0.1, 0.15) is 0 Å². The van der Waals surface area contributed by atoms with Crippen LogP contribution in [-0.2, 0) is 4.74 Å². The lowest BCUT2D eigenvalue weighted by molar-refractivity contribution is -0.0250. The molecule has 27 heavy (non-hydrogen) atoms. The van der Waals surface area contributed by atoms with Gasteiger partial charge in [-0.15, -0.1) is 0 Å². The van der Waals surface area contributed by atoms with Crippen LogP contribution in [-0.4, -0.2) is 43.6 Å². The summed E-state index contributed by atoms with van der Waals surface area (Å²) in [4.78, 5) is 7.62. The van der Waals surface area contributed by atoms with Crippen molar-refractivity contribution >= 4 is 5.96 Å². The van der Waals surface area contributed by atoms with Crippen LogP contribution in [0.3, 0.4) is 0 Å². The van der Waals surface area contributed by atoms with Crippen molar-refractivity contribution < 1.29 is 4.74 Å². The molecule has 148 valence electrons. The summed E-state index contributed by atoms with van der Waals surface area (Å²) in [7, 11) is 0. The molecule has 0 radical (unpaired) electrons. The summed E-state index contributed by atoms with van der Waals surface area (Å²) in [6.07, 6.45) is 9.53. The van der Waals surface area contributed by atoms with E-state index in [-0.39, 0.29) is 6.10 Å². The zero-order valence-corrected chi connectivity index (χ0v) is 16.8. The third-order valence-electron chi connectivity index (χ3n) is 6.79. The average Bonchev–Trinajstić information content (AvgIpc) is 3.36. The van der Waals surface area contributed by atoms with Crippen LogP contribution < -0.4 is 5.32 Å². The molecule has 1 aliphatic carbocycles. The third kappa shape index (κ3) is 4.31. The fourth-order valence-corrected chi connectivity index (χ4v) is 5.32. The maximum Gasteiger partial charge on any atom is 0.193 e. The molecule has 1 aromatic carbocycles. The summed E-state index contributed by atoms with van der Waals surface area (Å²) in [5, 5.41) is 3.56. The highest BCUT2D eigenvalue weighted by molar-refractivity contribution is 5.80. The van der Waals surface area contributed by atoms with Crippen molar-refractivity contribution in [3.8, 4) is 0 Å². The van der Waals surface area contributed by atoms with Crippen LogP contribution in [0, 0.1) is 11.3 Å². The second kappa shape index (κ2) is 8.64. The van der Waals surface area contributed by atoms with Gasteiger partial charge in [-0.2, -0.15) is 0 Å². The summed E-state index contributed by atoms with van der Waals surface area (Å²) in [6.45, 7) is 7.19. The number of likely N-dealkylation sites (tertiary alicyclic amines) is 1. The third-order valence-corrected chi connectivity index (χ3v) is 6.79. The molecule has 4 heteroatoms. The van der Waals surface area contributed by atoms with Gasteiger partial charge in [0.05, 0.1) is 6.10 Å². The smallest absolute Gasteiger partial charge is 0.193 e. The molecule has 2 unspecified atom stereocenters. The van der Waals surface area contributed by atoms with Crippen molar-refractivity contribution in [3.05, 3.63) is 35.9 Å². The average molecular weight is 370 g/mol. The number of benzene rings is 1. The molecule has 3 aliphatic rings. The van der Waals surface area contributed by atoms with Crippen LogP contribution in [0.25, 0.3) is 0 Å². The van der Waals surface area contributed by atoms with Gasteiger partial charge in [-0.25, -0.2) is 0 Å². The summed E-state index contributed by atoms with van der Waals surface area (Å²) in [5.74, 6) is 1.59. The van der Waals surface area contributed by atoms with Crippen molar-refractivity contribution in [2.24, 2.45) is 16.3 Å². The quantitative estimate of drug-likeness (QED) is 0.632. The minimum absolute atomic E-state index is 0.186. The van der Waals surface area contributed by atoms with E-state index in [2.05, 4.69) is 47.5 Å². The molecule has 0 bridgehead atoms. The Morgan fingerprint density at radius 2 is 2.00 bits per heavy atom. The van der Waals surface area contributed by atoms with Gasteiger partial charge in [0, 0.05) is 38.7 Å². The van der Waals surface area contributed by atoms with Crippen molar-refractivity contribution in [1.29, 1.82) is 0 Å². The van der Waals surface area contributed by atoms with E-state index >= 15 is 0 Å². The molecule has 2 heterocycles. The monoisotopic (exact) mass is 369 g/mol. The van der Waals surface area contributed by atoms with Crippen LogP contribution in [0.15, 0.2) is 35.3 Å². The van der Waals surface area contributed by atoms with E-state index in [1.807, 2.05) is 0 Å². The lowest BCUT2D eigenvalue weighted by Gasteiger charge is -2.32. The summed E-state index contributed by atoms with van der Waals surface area (Å²) >= 11 is 0. The molecule has 1 aromatic rings. The number of guanidine groups is 1. The van der Waals surface area contributed by atoms with Gasteiger partial charge < -0.3 is 15.0 Å². The first kappa shape index (κ1) is 18.8. The molecule has 1 N–H and O–H groups in total. The number of hydrogen-bond acceptors (Lipinski definition) is 2. The van der Waals surface area contributed by atoms with E-state index in [1.165, 1.54) is 50.6 Å². The Morgan fingerprint density at radius 3 is 2.78 bits per heavy atom. The first-order chi connectivity index (χ1) is 13.3. The van der Waals surface area contributed by atoms with Crippen LogP contribution >= 0.6 is 0 Å². The van der Waals surface area contributed by atoms with Gasteiger partial charge in [-0.05, 0) is 50.0 Å². The van der Waals surface area contributed by atoms with E-state index in [9.17, 15) is 0 Å². The first-order valence-electron chi connectivity index (χ1n) is 11.0. The first-order valence-corrected chi connectivity index (χ1v) is 11.0. The standard InChI is InChI=1S/C23H35N3O/c1-2-24-22(26-15-14-23(18-26)12-6-7-13-23)25-17-20-11-8-16-27-21(20)19-9-4-3-5-10-19/h3-5,9-10,20-21H,2,6-8,11-18H2,1H3,(H,24,25). The number of hydrogen-bond donors (Lipinski definition) is 1. The predicted octanol–water partition coefficient (Wildman–Crippen LogP) is 4.39. The van der Waals surface area contributed by atoms with E-state index in [0.717, 1.165) is 38.6 Å². The van der Waals surface area contributed by atoms with Crippen LogP contribution in [0.5, 0.6) is 0 Å². The highest BCUT2D eigenvalue weighted by atomic mass is 16.5. The number of rotatable bonds is 4. The fraction of sp³-hybridized carbons (Fsp3) is 0.696. The zero-order chi connectivity index (χ0) is 18.5. The Hall–Kier alpha value is -1.55. The molecule has 2 saturated heterocycles. The molecule has 1 spiro atoms. The molecule has 2 atom stereocenters. The molecule has 3 fully saturated rings. The number of ether oxygens (including phenoxy) is 1. The van der Waals surface area contributed by atoms with Gasteiger partial charge in [0.25, 0.3) is 0 Å². The lowest BCUT2D eigenvalue weighted by Crippen LogP contribution is -2.41. The number of nitrogens with zero attached hydrogens (tertiary/aromatic N) is 2. The normalized spacial score (nSPS) is 28.0. The Kier molecular flexibility index (Phi) is 6.01. The van der Waals surface area contributed by atoms with Crippen molar-refractivity contribution in [1.82, 2.24) is 10.2 Å². The highest BCUT2D eigenvalue weighted by Crippen LogP contribution is 2.45. The fourth-order valence-electron chi connectivity index (χ4n) is 5.32. The Bertz CT molecular complexity index is 624. The topological polar surface area (TPSA) is 36.9 Å². The maximum absolute atomic E-state index is 6.17. The largest absolute Gasteiger partial charge is 0.373 e. The maximum atomic E-state index is 6.17. The van der Waals surface area contributed by atoms with E-state index in [0.29, 0.717) is 11.3 Å². The summed E-state index contributed by atoms with van der Waals surface area (Å²) in [6, 6.07) is 10.7. The second-order valence-corrected chi connectivity index (χ2v) is 8.68. The Balaban J connectivity index is 1.44. The molecule has 4 nitrogen and oxygen atoms in total. The van der Waals surface area contributed by atoms with E-state index in [1.54, 1.807) is 0 Å². The van der Waals surface area contributed by atoms with E-state index < -0.39 is 0 Å². The molecule has 1 saturated carbocycles. The lowest BCUT2D eigenvalue weighted by atomic mass is 9.86. The van der Waals surface area contributed by atoms with Gasteiger partial charge in [0.2, 0.25) is 0 Å². The number of nitrogens with one attached hydrogen (secondary N) is 1. The second-order valence-electron chi connectivity index (χ2n) is 8.68. The highest BCUT2D eigenvalue weighted by Gasteiger charge is 2.41. The molecule has 0 amide bonds. The van der Waals surface area contributed by atoms with Gasteiger partial charge in [-0.3, -0.25) is 4.99 Å². The summed E-state index contributed by atoms with van der Waals surface area (Å²) in [5.41, 5.74) is 1.88. The molecule has 4 rings (SSSR count). The van der Waals surface area contributed by atoms with Crippen molar-refractivity contribution in [3.63, 3.8) is 0 Å². The zero-order valence-electron chi connectivity index (χ0n) is 16.8. The molecule has 2 aliphatic heterocycles. The Labute approximate surface area is 164 Å². The molecular formula is C23H35N3O. The SMILES string of the molecule is CCNC(=NCC1CCCOC1c1ccccc1)N1CCC2(CCCC2)C1.